The molecule has 0 aromatic carbocycles. The molecule has 82 valence electrons. The Morgan fingerprint density at radius 3 is 2.40 bits per heavy atom. The Morgan fingerprint density at radius 2 is 1.93 bits per heavy atom. The minimum Gasteiger partial charge on any atom is -0.339 e. The van der Waals surface area contributed by atoms with Gasteiger partial charge in [-0.25, -0.2) is 0 Å². The zero-order chi connectivity index (χ0) is 11.3. The van der Waals surface area contributed by atoms with Crippen molar-refractivity contribution in [3.63, 3.8) is 0 Å². The van der Waals surface area contributed by atoms with Crippen LogP contribution >= 0.6 is 0 Å². The van der Waals surface area contributed by atoms with Crippen molar-refractivity contribution in [3.05, 3.63) is 0 Å². The van der Waals surface area contributed by atoms with Crippen molar-refractivity contribution < 1.29 is 4.79 Å². The number of rotatable bonds is 1. The minimum atomic E-state index is -0.266. The molecule has 2 rings (SSSR count). The first-order valence-corrected chi connectivity index (χ1v) is 5.70. The summed E-state index contributed by atoms with van der Waals surface area (Å²) >= 11 is 0. The van der Waals surface area contributed by atoms with Gasteiger partial charge >= 0.3 is 0 Å². The van der Waals surface area contributed by atoms with Crippen LogP contribution in [0.2, 0.25) is 0 Å². The number of hydrogen-bond donors (Lipinski definition) is 1. The van der Waals surface area contributed by atoms with E-state index in [0.717, 1.165) is 5.92 Å². The van der Waals surface area contributed by atoms with E-state index in [1.165, 1.54) is 19.3 Å². The van der Waals surface area contributed by atoms with Crippen LogP contribution in [0.25, 0.3) is 0 Å². The molecular formula is C13H19NO. The fourth-order valence-electron chi connectivity index (χ4n) is 3.65. The second-order valence-corrected chi connectivity index (χ2v) is 5.73. The topological polar surface area (TPSA) is 29.1 Å². The van der Waals surface area contributed by atoms with Crippen LogP contribution in [0.4, 0.5) is 0 Å². The molecule has 2 nitrogen and oxygen atoms in total. The highest BCUT2D eigenvalue weighted by Crippen LogP contribution is 2.61. The summed E-state index contributed by atoms with van der Waals surface area (Å²) in [6.07, 6.45) is 8.91. The average molecular weight is 205 g/mol. The molecule has 2 aliphatic carbocycles. The van der Waals surface area contributed by atoms with Crippen LogP contribution < -0.4 is 5.32 Å². The number of nitrogens with one attached hydrogen (secondary N) is 1. The lowest BCUT2D eigenvalue weighted by molar-refractivity contribution is -0.119. The second-order valence-electron chi connectivity index (χ2n) is 5.73. The van der Waals surface area contributed by atoms with Crippen LogP contribution in [0.1, 0.15) is 40.0 Å². The van der Waals surface area contributed by atoms with Crippen molar-refractivity contribution in [2.75, 3.05) is 0 Å². The molecule has 0 aromatic heterocycles. The van der Waals surface area contributed by atoms with Gasteiger partial charge in [-0.05, 0) is 49.4 Å². The van der Waals surface area contributed by atoms with E-state index in [-0.39, 0.29) is 16.9 Å². The van der Waals surface area contributed by atoms with Crippen LogP contribution in [0, 0.1) is 29.6 Å². The Labute approximate surface area is 91.8 Å². The number of carbonyl (C=O) groups is 1. The molecule has 2 fully saturated rings. The van der Waals surface area contributed by atoms with Crippen LogP contribution in [0.5, 0.6) is 0 Å². The lowest BCUT2D eigenvalue weighted by Crippen LogP contribution is -2.59. The highest BCUT2D eigenvalue weighted by atomic mass is 16.1. The summed E-state index contributed by atoms with van der Waals surface area (Å²) in [5.41, 5.74) is 0.0573. The highest BCUT2D eigenvalue weighted by Gasteiger charge is 2.60. The fraction of sp³-hybridized carbons (Fsp3) is 0.769. The molecule has 0 heterocycles. The molecule has 2 saturated carbocycles. The summed E-state index contributed by atoms with van der Waals surface area (Å²) in [6, 6.07) is 0. The summed E-state index contributed by atoms with van der Waals surface area (Å²) in [5, 5.41) is 3.05. The van der Waals surface area contributed by atoms with E-state index in [2.05, 4.69) is 32.0 Å². The van der Waals surface area contributed by atoms with Crippen LogP contribution in [0.15, 0.2) is 0 Å². The highest BCUT2D eigenvalue weighted by molar-refractivity contribution is 5.93. The quantitative estimate of drug-likeness (QED) is 0.651. The molecular weight excluding hydrogens is 186 g/mol. The van der Waals surface area contributed by atoms with E-state index < -0.39 is 0 Å². The van der Waals surface area contributed by atoms with Crippen molar-refractivity contribution in [2.24, 2.45) is 17.3 Å². The summed E-state index contributed by atoms with van der Waals surface area (Å²) in [5.74, 6) is 3.25. The zero-order valence-electron chi connectivity index (χ0n) is 9.76. The zero-order valence-corrected chi connectivity index (χ0v) is 9.76. The van der Waals surface area contributed by atoms with Crippen molar-refractivity contribution in [3.8, 4) is 12.3 Å². The van der Waals surface area contributed by atoms with E-state index in [1.54, 1.807) is 0 Å². The van der Waals surface area contributed by atoms with Crippen molar-refractivity contribution in [1.82, 2.24) is 5.32 Å². The summed E-state index contributed by atoms with van der Waals surface area (Å²) < 4.78 is 0. The predicted octanol–water partition coefficient (Wildman–Crippen LogP) is 1.95. The van der Waals surface area contributed by atoms with Crippen molar-refractivity contribution in [2.45, 2.75) is 45.6 Å². The molecule has 3 unspecified atom stereocenters. The number of terminal acetylenes is 1. The standard InChI is InChI=1S/C13H19NO/c1-5-11(15)14-13(4)10-7-6-9(8-10)12(13,2)3/h1,9-10H,6-8H2,2-4H3,(H,14,15). The Kier molecular flexibility index (Phi) is 2.12. The molecule has 2 bridgehead atoms. The van der Waals surface area contributed by atoms with Crippen LogP contribution in [-0.4, -0.2) is 11.4 Å². The van der Waals surface area contributed by atoms with E-state index in [0.29, 0.717) is 5.92 Å². The first kappa shape index (κ1) is 10.5. The summed E-state index contributed by atoms with van der Waals surface area (Å²) in [4.78, 5) is 11.4. The van der Waals surface area contributed by atoms with Crippen molar-refractivity contribution in [1.29, 1.82) is 0 Å². The maximum Gasteiger partial charge on any atom is 0.296 e. The molecule has 2 heteroatoms. The SMILES string of the molecule is C#CC(=O)NC1(C)C2CCC(C2)C1(C)C. The van der Waals surface area contributed by atoms with Gasteiger partial charge in [-0.1, -0.05) is 13.8 Å². The molecule has 0 aromatic rings. The monoisotopic (exact) mass is 205 g/mol. The maximum absolute atomic E-state index is 11.4. The Balaban J connectivity index is 2.27. The number of carbonyl (C=O) groups excluding carboxylic acids is 1. The van der Waals surface area contributed by atoms with Crippen molar-refractivity contribution >= 4 is 5.91 Å². The van der Waals surface area contributed by atoms with Gasteiger partial charge in [0.1, 0.15) is 0 Å². The molecule has 0 radical (unpaired) electrons. The maximum atomic E-state index is 11.4. The van der Waals surface area contributed by atoms with E-state index in [1.807, 2.05) is 0 Å². The third-order valence-electron chi connectivity index (χ3n) is 5.11. The molecule has 0 aliphatic heterocycles. The van der Waals surface area contributed by atoms with Gasteiger partial charge in [0.25, 0.3) is 5.91 Å². The van der Waals surface area contributed by atoms with Crippen LogP contribution in [-0.2, 0) is 4.79 Å². The van der Waals surface area contributed by atoms with E-state index in [9.17, 15) is 4.79 Å². The van der Waals surface area contributed by atoms with Gasteiger partial charge in [0.05, 0.1) is 0 Å². The van der Waals surface area contributed by atoms with Gasteiger partial charge in [0, 0.05) is 5.54 Å². The molecule has 1 N–H and O–H groups in total. The first-order valence-electron chi connectivity index (χ1n) is 5.70. The lowest BCUT2D eigenvalue weighted by atomic mass is 9.64. The second kappa shape index (κ2) is 3.01. The van der Waals surface area contributed by atoms with Gasteiger partial charge in [-0.3, -0.25) is 4.79 Å². The third kappa shape index (κ3) is 1.22. The minimum absolute atomic E-state index is 0.112. The summed E-state index contributed by atoms with van der Waals surface area (Å²) in [6.45, 7) is 6.67. The first-order chi connectivity index (χ1) is 6.91. The number of amides is 1. The Bertz CT molecular complexity index is 339. The fourth-order valence-corrected chi connectivity index (χ4v) is 3.65. The molecule has 0 spiro atoms. The number of hydrogen-bond acceptors (Lipinski definition) is 1. The predicted molar refractivity (Wildman–Crippen MR) is 60.0 cm³/mol. The van der Waals surface area contributed by atoms with Gasteiger partial charge in [0.2, 0.25) is 0 Å². The van der Waals surface area contributed by atoms with Crippen LogP contribution in [0.3, 0.4) is 0 Å². The molecule has 1 amide bonds. The van der Waals surface area contributed by atoms with Gasteiger partial charge in [-0.15, -0.1) is 6.42 Å². The largest absolute Gasteiger partial charge is 0.339 e. The molecule has 2 aliphatic rings. The van der Waals surface area contributed by atoms with Gasteiger partial charge in [0.15, 0.2) is 0 Å². The number of fused-ring (bicyclic) bond motifs is 2. The van der Waals surface area contributed by atoms with Gasteiger partial charge in [-0.2, -0.15) is 0 Å². The smallest absolute Gasteiger partial charge is 0.296 e. The molecule has 15 heavy (non-hydrogen) atoms. The third-order valence-corrected chi connectivity index (χ3v) is 5.11. The average Bonchev–Trinajstić information content (AvgIpc) is 2.70. The lowest BCUT2D eigenvalue weighted by Gasteiger charge is -2.47. The Hall–Kier alpha value is -0.970. The van der Waals surface area contributed by atoms with Gasteiger partial charge < -0.3 is 5.32 Å². The molecule has 0 saturated heterocycles. The molecule has 3 atom stereocenters. The normalized spacial score (nSPS) is 41.2. The van der Waals surface area contributed by atoms with E-state index >= 15 is 0 Å². The Morgan fingerprint density at radius 1 is 1.33 bits per heavy atom. The summed E-state index contributed by atoms with van der Waals surface area (Å²) in [7, 11) is 0. The van der Waals surface area contributed by atoms with E-state index in [4.69, 9.17) is 6.42 Å².